The molecule has 1 saturated heterocycles. The largest absolute Gasteiger partial charge is 0.496 e. The number of aromatic amines is 1. The fourth-order valence-electron chi connectivity index (χ4n) is 5.88. The number of alkyl halides is 1. The van der Waals surface area contributed by atoms with E-state index in [4.69, 9.17) is 4.74 Å². The van der Waals surface area contributed by atoms with E-state index in [0.29, 0.717) is 23.4 Å². The second-order valence-electron chi connectivity index (χ2n) is 10.1. The standard InChI is InChI=1S/C29H36F2N4O/c1-4-5-13-35-19(2)14-23-22-9-6-7-10-25(22)33-28(23)29(35)27-24(31)15-20(16-26(27)36-3)32-21-17-34(18-21)12-8-11-30/h4,6-7,9-10,15-16,19,21,29,32-33H,1,5,8,11-14,17-18H2,2-3H3/t19-,29-/m1/s1. The van der Waals surface area contributed by atoms with Gasteiger partial charge in [0.15, 0.2) is 0 Å². The van der Waals surface area contributed by atoms with Crippen molar-refractivity contribution in [3.63, 3.8) is 0 Å². The van der Waals surface area contributed by atoms with Crippen molar-refractivity contribution < 1.29 is 13.5 Å². The molecule has 0 bridgehead atoms. The van der Waals surface area contributed by atoms with E-state index in [-0.39, 0.29) is 30.6 Å². The van der Waals surface area contributed by atoms with Crippen LogP contribution in [0.25, 0.3) is 10.9 Å². The third-order valence-electron chi connectivity index (χ3n) is 7.63. The molecule has 5 rings (SSSR count). The molecule has 3 heterocycles. The molecule has 2 N–H and O–H groups in total. The van der Waals surface area contributed by atoms with Crippen LogP contribution in [0.5, 0.6) is 5.75 Å². The van der Waals surface area contributed by atoms with Crippen LogP contribution in [0.2, 0.25) is 0 Å². The van der Waals surface area contributed by atoms with Crippen LogP contribution in [0.1, 0.15) is 42.6 Å². The van der Waals surface area contributed by atoms with Crippen molar-refractivity contribution in [2.24, 2.45) is 0 Å². The number of para-hydroxylation sites is 1. The highest BCUT2D eigenvalue weighted by molar-refractivity contribution is 5.85. The Hall–Kier alpha value is -2.90. The number of aromatic nitrogens is 1. The van der Waals surface area contributed by atoms with Crippen molar-refractivity contribution in [1.29, 1.82) is 0 Å². The number of rotatable bonds is 10. The van der Waals surface area contributed by atoms with E-state index in [1.807, 2.05) is 18.2 Å². The molecular formula is C29H36F2N4O. The zero-order valence-corrected chi connectivity index (χ0v) is 21.2. The van der Waals surface area contributed by atoms with E-state index < -0.39 is 0 Å². The maximum atomic E-state index is 16.0. The van der Waals surface area contributed by atoms with Crippen molar-refractivity contribution in [2.45, 2.75) is 44.3 Å². The van der Waals surface area contributed by atoms with Crippen LogP contribution < -0.4 is 10.1 Å². The number of hydrogen-bond acceptors (Lipinski definition) is 4. The zero-order chi connectivity index (χ0) is 25.2. The monoisotopic (exact) mass is 494 g/mol. The van der Waals surface area contributed by atoms with Crippen LogP contribution in [0.3, 0.4) is 0 Å². The van der Waals surface area contributed by atoms with Crippen LogP contribution in [0, 0.1) is 5.82 Å². The Kier molecular flexibility index (Phi) is 7.30. The molecule has 1 aromatic heterocycles. The second-order valence-corrected chi connectivity index (χ2v) is 10.1. The average molecular weight is 495 g/mol. The first-order chi connectivity index (χ1) is 17.5. The van der Waals surface area contributed by atoms with Crippen molar-refractivity contribution in [3.05, 3.63) is 71.7 Å². The van der Waals surface area contributed by atoms with Gasteiger partial charge in [-0.15, -0.1) is 6.58 Å². The number of halogens is 2. The van der Waals surface area contributed by atoms with Crippen LogP contribution in [0.15, 0.2) is 49.1 Å². The van der Waals surface area contributed by atoms with E-state index >= 15 is 4.39 Å². The number of anilines is 1. The minimum absolute atomic E-state index is 0.221. The molecule has 0 saturated carbocycles. The van der Waals surface area contributed by atoms with Gasteiger partial charge in [0.05, 0.1) is 31.4 Å². The van der Waals surface area contributed by atoms with E-state index in [1.54, 1.807) is 13.2 Å². The number of methoxy groups -OCH3 is 1. The van der Waals surface area contributed by atoms with Gasteiger partial charge in [0.2, 0.25) is 0 Å². The molecule has 2 aliphatic rings. The number of nitrogens with zero attached hydrogens (tertiary/aromatic N) is 2. The van der Waals surface area contributed by atoms with Crippen LogP contribution in [-0.4, -0.2) is 66.8 Å². The van der Waals surface area contributed by atoms with E-state index in [0.717, 1.165) is 50.2 Å². The molecule has 1 fully saturated rings. The predicted octanol–water partition coefficient (Wildman–Crippen LogP) is 5.68. The van der Waals surface area contributed by atoms with Crippen molar-refractivity contribution in [3.8, 4) is 5.75 Å². The molecular weight excluding hydrogens is 458 g/mol. The summed E-state index contributed by atoms with van der Waals surface area (Å²) in [7, 11) is 1.61. The summed E-state index contributed by atoms with van der Waals surface area (Å²) >= 11 is 0. The van der Waals surface area contributed by atoms with Gasteiger partial charge in [-0.3, -0.25) is 14.2 Å². The summed E-state index contributed by atoms with van der Waals surface area (Å²) in [6, 6.07) is 12.0. The molecule has 0 unspecified atom stereocenters. The Bertz CT molecular complexity index is 1220. The third-order valence-corrected chi connectivity index (χ3v) is 7.63. The lowest BCUT2D eigenvalue weighted by Gasteiger charge is -2.42. The molecule has 36 heavy (non-hydrogen) atoms. The van der Waals surface area contributed by atoms with E-state index in [2.05, 4.69) is 51.8 Å². The van der Waals surface area contributed by atoms with Crippen molar-refractivity contribution >= 4 is 16.6 Å². The Morgan fingerprint density at radius 1 is 1.22 bits per heavy atom. The first kappa shape index (κ1) is 24.8. The highest BCUT2D eigenvalue weighted by atomic mass is 19.1. The number of hydrogen-bond donors (Lipinski definition) is 2. The van der Waals surface area contributed by atoms with Gasteiger partial charge >= 0.3 is 0 Å². The minimum atomic E-state index is -0.292. The summed E-state index contributed by atoms with van der Waals surface area (Å²) in [5, 5.41) is 4.64. The maximum absolute atomic E-state index is 16.0. The van der Waals surface area contributed by atoms with E-state index in [1.165, 1.54) is 10.9 Å². The Morgan fingerprint density at radius 2 is 2.03 bits per heavy atom. The average Bonchev–Trinajstić information content (AvgIpc) is 3.22. The number of fused-ring (bicyclic) bond motifs is 3. The summed E-state index contributed by atoms with van der Waals surface area (Å²) in [5.41, 5.74) is 4.64. The van der Waals surface area contributed by atoms with Crippen LogP contribution in [0.4, 0.5) is 14.5 Å². The number of ether oxygens (including phenoxy) is 1. The van der Waals surface area contributed by atoms with Crippen molar-refractivity contribution in [2.75, 3.05) is 45.3 Å². The molecule has 192 valence electrons. The quantitative estimate of drug-likeness (QED) is 0.356. The third kappa shape index (κ3) is 4.62. The molecule has 2 atom stereocenters. The van der Waals surface area contributed by atoms with Gasteiger partial charge in [-0.2, -0.15) is 0 Å². The summed E-state index contributed by atoms with van der Waals surface area (Å²) in [4.78, 5) is 8.19. The van der Waals surface area contributed by atoms with Crippen LogP contribution >= 0.6 is 0 Å². The highest BCUT2D eigenvalue weighted by Crippen LogP contribution is 2.45. The minimum Gasteiger partial charge on any atom is -0.496 e. The van der Waals surface area contributed by atoms with Gasteiger partial charge in [0.25, 0.3) is 0 Å². The normalized spacial score (nSPS) is 20.8. The van der Waals surface area contributed by atoms with Crippen molar-refractivity contribution in [1.82, 2.24) is 14.8 Å². The molecule has 2 aromatic carbocycles. The summed E-state index contributed by atoms with van der Waals surface area (Å²) in [6.07, 6.45) is 4.19. The van der Waals surface area contributed by atoms with Gasteiger partial charge in [-0.05, 0) is 43.9 Å². The summed E-state index contributed by atoms with van der Waals surface area (Å²) in [6.45, 7) is 9.04. The van der Waals surface area contributed by atoms with Gasteiger partial charge in [0, 0.05) is 60.6 Å². The Labute approximate surface area is 212 Å². The van der Waals surface area contributed by atoms with Crippen LogP contribution in [-0.2, 0) is 6.42 Å². The Morgan fingerprint density at radius 3 is 2.78 bits per heavy atom. The lowest BCUT2D eigenvalue weighted by Crippen LogP contribution is -2.54. The maximum Gasteiger partial charge on any atom is 0.134 e. The molecule has 0 spiro atoms. The van der Waals surface area contributed by atoms with Gasteiger partial charge in [-0.1, -0.05) is 24.3 Å². The topological polar surface area (TPSA) is 43.5 Å². The number of benzene rings is 2. The van der Waals surface area contributed by atoms with Gasteiger partial charge < -0.3 is 15.0 Å². The second kappa shape index (κ2) is 10.6. The molecule has 7 heteroatoms. The molecule has 2 aliphatic heterocycles. The van der Waals surface area contributed by atoms with E-state index in [9.17, 15) is 4.39 Å². The summed E-state index contributed by atoms with van der Waals surface area (Å²) < 4.78 is 34.3. The SMILES string of the molecule is C=CCCN1[C@H](c2c(F)cc(NC3CN(CCCF)C3)cc2OC)c2[nH]c3ccccc3c2C[C@H]1C. The lowest BCUT2D eigenvalue weighted by molar-refractivity contribution is 0.146. The first-order valence-electron chi connectivity index (χ1n) is 12.9. The molecule has 0 amide bonds. The van der Waals surface area contributed by atoms with Gasteiger partial charge in [-0.25, -0.2) is 4.39 Å². The number of H-pyrrole nitrogens is 1. The fraction of sp³-hybridized carbons (Fsp3) is 0.448. The smallest absolute Gasteiger partial charge is 0.134 e. The lowest BCUT2D eigenvalue weighted by atomic mass is 9.87. The molecule has 0 radical (unpaired) electrons. The first-order valence-corrected chi connectivity index (χ1v) is 12.9. The Balaban J connectivity index is 1.50. The molecule has 3 aromatic rings. The number of likely N-dealkylation sites (tertiary alicyclic amines) is 1. The zero-order valence-electron chi connectivity index (χ0n) is 21.2. The number of nitrogens with one attached hydrogen (secondary N) is 2. The van der Waals surface area contributed by atoms with Gasteiger partial charge in [0.1, 0.15) is 11.6 Å². The molecule has 5 nitrogen and oxygen atoms in total. The molecule has 0 aliphatic carbocycles. The highest BCUT2D eigenvalue weighted by Gasteiger charge is 2.38. The fourth-order valence-corrected chi connectivity index (χ4v) is 5.88. The predicted molar refractivity (Wildman–Crippen MR) is 142 cm³/mol. The summed E-state index contributed by atoms with van der Waals surface area (Å²) in [5.74, 6) is 0.260.